The molecule has 1 unspecified atom stereocenters. The maximum Gasteiger partial charge on any atom is 0.245 e. The maximum absolute atomic E-state index is 9.83. The number of nitriles is 1. The van der Waals surface area contributed by atoms with Gasteiger partial charge in [0, 0.05) is 17.1 Å². The fraction of sp³-hybridized carbons (Fsp3) is 0.120. The Morgan fingerprint density at radius 2 is 1.84 bits per heavy atom. The highest BCUT2D eigenvalue weighted by atomic mass is 16.5. The number of ether oxygens (including phenoxy) is 3. The Morgan fingerprint density at radius 1 is 1.03 bits per heavy atom. The number of aromatic nitrogens is 2. The van der Waals surface area contributed by atoms with Crippen LogP contribution in [0.25, 0.3) is 16.3 Å². The highest BCUT2D eigenvalue weighted by Gasteiger charge is 2.36. The van der Waals surface area contributed by atoms with Crippen LogP contribution in [0.3, 0.4) is 0 Å². The molecule has 1 atom stereocenters. The highest BCUT2D eigenvalue weighted by molar-refractivity contribution is 5.88. The first-order chi connectivity index (χ1) is 15.6. The van der Waals surface area contributed by atoms with Gasteiger partial charge in [0.15, 0.2) is 5.69 Å². The zero-order chi connectivity index (χ0) is 22.2. The molecule has 0 fully saturated rings. The number of hydrogen-bond acceptors (Lipinski definition) is 6. The molecule has 7 heteroatoms. The van der Waals surface area contributed by atoms with Crippen molar-refractivity contribution in [1.82, 2.24) is 9.89 Å². The number of rotatable bonds is 4. The van der Waals surface area contributed by atoms with Crippen molar-refractivity contribution >= 4 is 16.3 Å². The number of nitrogens with zero attached hydrogens (tertiary/aromatic N) is 3. The zero-order valence-corrected chi connectivity index (χ0v) is 17.6. The van der Waals surface area contributed by atoms with Gasteiger partial charge in [-0.15, -0.1) is 5.10 Å². The molecule has 7 nitrogen and oxygen atoms in total. The van der Waals surface area contributed by atoms with Gasteiger partial charge in [0.25, 0.3) is 0 Å². The summed E-state index contributed by atoms with van der Waals surface area (Å²) in [6, 6.07) is 22.1. The molecule has 0 saturated heterocycles. The first-order valence-corrected chi connectivity index (χ1v) is 10.0. The quantitative estimate of drug-likeness (QED) is 0.493. The van der Waals surface area contributed by atoms with Crippen molar-refractivity contribution in [3.63, 3.8) is 0 Å². The van der Waals surface area contributed by atoms with Crippen molar-refractivity contribution in [3.8, 4) is 23.4 Å². The van der Waals surface area contributed by atoms with Gasteiger partial charge in [0.1, 0.15) is 17.6 Å². The van der Waals surface area contributed by atoms with E-state index in [4.69, 9.17) is 20.1 Å². The molecule has 1 aliphatic heterocycles. The molecule has 2 N–H and O–H groups in total. The summed E-state index contributed by atoms with van der Waals surface area (Å²) in [5.41, 5.74) is 3.45. The van der Waals surface area contributed by atoms with Gasteiger partial charge in [-0.25, -0.2) is 0 Å². The van der Waals surface area contributed by atoms with Crippen LogP contribution in [0.15, 0.2) is 66.9 Å². The predicted molar refractivity (Wildman–Crippen MR) is 121 cm³/mol. The number of nitrogens with two attached hydrogens (primary N) is 1. The third-order valence-electron chi connectivity index (χ3n) is 5.75. The van der Waals surface area contributed by atoms with Crippen LogP contribution in [-0.2, 0) is 0 Å². The highest BCUT2D eigenvalue weighted by Crippen LogP contribution is 2.49. The fourth-order valence-corrected chi connectivity index (χ4v) is 4.22. The Balaban J connectivity index is 1.78. The third kappa shape index (κ3) is 3.01. The molecule has 4 aromatic rings. The van der Waals surface area contributed by atoms with Crippen molar-refractivity contribution in [2.75, 3.05) is 20.1 Å². The van der Waals surface area contributed by atoms with Gasteiger partial charge in [0.05, 0.1) is 26.0 Å². The normalized spacial score (nSPS) is 14.8. The molecule has 2 heterocycles. The summed E-state index contributed by atoms with van der Waals surface area (Å²) in [7, 11) is 3.22. The van der Waals surface area contributed by atoms with Crippen LogP contribution < -0.4 is 20.1 Å². The van der Waals surface area contributed by atoms with E-state index in [1.165, 1.54) is 0 Å². The minimum Gasteiger partial charge on any atom is -0.497 e. The average Bonchev–Trinajstić information content (AvgIpc) is 3.17. The second-order valence-corrected chi connectivity index (χ2v) is 7.42. The van der Waals surface area contributed by atoms with Crippen molar-refractivity contribution < 1.29 is 14.2 Å². The lowest BCUT2D eigenvalue weighted by Crippen LogP contribution is -2.15. The minimum absolute atomic E-state index is 0.223. The number of hydrogen-bond donors (Lipinski definition) is 1. The van der Waals surface area contributed by atoms with Gasteiger partial charge in [-0.3, -0.25) is 0 Å². The van der Waals surface area contributed by atoms with Gasteiger partial charge in [-0.2, -0.15) is 10.1 Å². The van der Waals surface area contributed by atoms with E-state index in [1.807, 2.05) is 36.4 Å². The predicted octanol–water partition coefficient (Wildman–Crippen LogP) is 4.20. The van der Waals surface area contributed by atoms with Crippen molar-refractivity contribution in [1.29, 1.82) is 5.26 Å². The van der Waals surface area contributed by atoms with Crippen molar-refractivity contribution in [3.05, 3.63) is 89.3 Å². The number of allylic oxidation sites excluding steroid dienone is 1. The summed E-state index contributed by atoms with van der Waals surface area (Å²) in [5, 5.41) is 16.3. The van der Waals surface area contributed by atoms with Gasteiger partial charge in [0.2, 0.25) is 5.88 Å². The van der Waals surface area contributed by atoms with Crippen LogP contribution in [-0.4, -0.2) is 24.1 Å². The summed E-state index contributed by atoms with van der Waals surface area (Å²) in [5.74, 6) is 7.20. The Bertz CT molecular complexity index is 1410. The molecule has 0 saturated carbocycles. The topological polar surface area (TPSA) is 95.3 Å². The molecule has 32 heavy (non-hydrogen) atoms. The monoisotopic (exact) mass is 424 g/mol. The molecule has 0 bridgehead atoms. The number of fused-ring (bicyclic) bond motifs is 2. The van der Waals surface area contributed by atoms with Crippen molar-refractivity contribution in [2.24, 2.45) is 0 Å². The lowest BCUT2D eigenvalue weighted by molar-refractivity contribution is 0.396. The van der Waals surface area contributed by atoms with Gasteiger partial charge < -0.3 is 20.1 Å². The second kappa shape index (κ2) is 7.67. The average molecular weight is 424 g/mol. The Labute approximate surface area is 184 Å². The molecule has 0 amide bonds. The second-order valence-electron chi connectivity index (χ2n) is 7.42. The smallest absolute Gasteiger partial charge is 0.245 e. The third-order valence-corrected chi connectivity index (χ3v) is 5.75. The molecule has 5 rings (SSSR count). The summed E-state index contributed by atoms with van der Waals surface area (Å²) in [6.07, 6.45) is 1.67. The lowest BCUT2D eigenvalue weighted by atomic mass is 9.80. The van der Waals surface area contributed by atoms with E-state index >= 15 is 0 Å². The number of benzene rings is 3. The first-order valence-electron chi connectivity index (χ1n) is 10.0. The minimum atomic E-state index is -0.406. The molecular formula is C25H20N4O3. The van der Waals surface area contributed by atoms with E-state index in [9.17, 15) is 5.26 Å². The lowest BCUT2D eigenvalue weighted by Gasteiger charge is -2.26. The molecule has 1 aliphatic rings. The Kier molecular flexibility index (Phi) is 4.68. The first kappa shape index (κ1) is 19.5. The van der Waals surface area contributed by atoms with Crippen LogP contribution in [0.4, 0.5) is 0 Å². The largest absolute Gasteiger partial charge is 0.497 e. The molecule has 3 aromatic carbocycles. The molecule has 0 radical (unpaired) electrons. The van der Waals surface area contributed by atoms with Crippen LogP contribution in [0, 0.1) is 11.3 Å². The maximum atomic E-state index is 9.83. The molecule has 0 aliphatic carbocycles. The van der Waals surface area contributed by atoms with Gasteiger partial charge >= 0.3 is 0 Å². The van der Waals surface area contributed by atoms with Crippen molar-refractivity contribution in [2.45, 2.75) is 5.92 Å². The summed E-state index contributed by atoms with van der Waals surface area (Å²) >= 11 is 0. The van der Waals surface area contributed by atoms with E-state index in [0.717, 1.165) is 32.3 Å². The standard InChI is InChI=1S/C25H20N4O3/c1-30-18-9-10-22(31-2)19(12-18)23-20(14-32-25-24(23)21(13-26)29(27)28-25)17-8-7-15-5-3-4-6-16(15)11-17/h3-12,14,23H,27H2,1-2H3. The van der Waals surface area contributed by atoms with E-state index in [-0.39, 0.29) is 5.69 Å². The summed E-state index contributed by atoms with van der Waals surface area (Å²) in [6.45, 7) is 0. The SMILES string of the molecule is COc1ccc(OC)c(C2C(c3ccc4ccccc4c3)=COc3nn(N)c(C#N)c32)c1. The Hall–Kier alpha value is -4.44. The van der Waals surface area contributed by atoms with E-state index in [1.54, 1.807) is 20.5 Å². The molecular weight excluding hydrogens is 404 g/mol. The zero-order valence-electron chi connectivity index (χ0n) is 17.6. The summed E-state index contributed by atoms with van der Waals surface area (Å²) in [4.78, 5) is 1.06. The van der Waals surface area contributed by atoms with Crippen LogP contribution in [0.1, 0.15) is 28.3 Å². The van der Waals surface area contributed by atoms with E-state index in [0.29, 0.717) is 22.9 Å². The molecule has 0 spiro atoms. The molecule has 158 valence electrons. The number of methoxy groups -OCH3 is 2. The van der Waals surface area contributed by atoms with Crippen LogP contribution in [0.5, 0.6) is 17.4 Å². The van der Waals surface area contributed by atoms with Gasteiger partial charge in [-0.1, -0.05) is 36.4 Å². The summed E-state index contributed by atoms with van der Waals surface area (Å²) < 4.78 is 17.0. The van der Waals surface area contributed by atoms with E-state index in [2.05, 4.69) is 35.4 Å². The molecule has 1 aromatic heterocycles. The number of nitrogen functional groups attached to an aromatic ring is 1. The van der Waals surface area contributed by atoms with Crippen LogP contribution >= 0.6 is 0 Å². The Morgan fingerprint density at radius 3 is 2.59 bits per heavy atom. The van der Waals surface area contributed by atoms with E-state index < -0.39 is 5.92 Å². The fourth-order valence-electron chi connectivity index (χ4n) is 4.22. The van der Waals surface area contributed by atoms with Gasteiger partial charge in [-0.05, 0) is 40.6 Å². The van der Waals surface area contributed by atoms with Crippen LogP contribution in [0.2, 0.25) is 0 Å².